The van der Waals surface area contributed by atoms with E-state index in [9.17, 15) is 4.79 Å². The zero-order valence-corrected chi connectivity index (χ0v) is 19.5. The minimum atomic E-state index is -0.740. The van der Waals surface area contributed by atoms with Crippen molar-refractivity contribution >= 4 is 16.9 Å². The Morgan fingerprint density at radius 3 is 2.09 bits per heavy atom. The maximum Gasteiger partial charge on any atom is 0.235 e. The summed E-state index contributed by atoms with van der Waals surface area (Å²) in [5, 5.41) is 0. The van der Waals surface area contributed by atoms with Gasteiger partial charge in [-0.3, -0.25) is 4.79 Å². The first-order valence-corrected chi connectivity index (χ1v) is 11.2. The monoisotopic (exact) mass is 441 g/mol. The lowest BCUT2D eigenvalue weighted by molar-refractivity contribution is -0.142. The quantitative estimate of drug-likeness (QED) is 0.653. The number of carbonyl (C=O) groups excluding carboxylic acids is 1. The Balaban J connectivity index is 1.67. The predicted molar refractivity (Wildman–Crippen MR) is 118 cm³/mol. The first kappa shape index (κ1) is 21.4. The third-order valence-electron chi connectivity index (χ3n) is 8.31. The lowest BCUT2D eigenvalue weighted by Gasteiger charge is -2.42. The van der Waals surface area contributed by atoms with E-state index in [1.807, 2.05) is 17.0 Å². The second kappa shape index (κ2) is 7.28. The normalized spacial score (nSPS) is 26.5. The van der Waals surface area contributed by atoms with Crippen LogP contribution in [0.15, 0.2) is 12.1 Å². The lowest BCUT2D eigenvalue weighted by Crippen LogP contribution is -2.54. The van der Waals surface area contributed by atoms with Crippen molar-refractivity contribution < 1.29 is 23.7 Å². The molecule has 172 valence electrons. The molecule has 2 atom stereocenters. The van der Waals surface area contributed by atoms with E-state index >= 15 is 0 Å². The molecule has 5 rings (SSSR count). The van der Waals surface area contributed by atoms with E-state index in [1.165, 1.54) is 0 Å². The summed E-state index contributed by atoms with van der Waals surface area (Å²) in [5.74, 6) is 1.45. The summed E-state index contributed by atoms with van der Waals surface area (Å²) in [5.41, 5.74) is 1.92. The van der Waals surface area contributed by atoms with Crippen molar-refractivity contribution in [2.45, 2.75) is 44.4 Å². The van der Waals surface area contributed by atoms with Crippen molar-refractivity contribution in [2.75, 3.05) is 47.3 Å². The maximum absolute atomic E-state index is 14.3. The molecule has 1 fully saturated rings. The summed E-state index contributed by atoms with van der Waals surface area (Å²) in [6, 6.07) is 3.77. The molecule has 32 heavy (non-hydrogen) atoms. The largest absolute Gasteiger partial charge is 0.454 e. The summed E-state index contributed by atoms with van der Waals surface area (Å²) < 4.78 is 21.7. The number of benzene rings is 1. The molecular weight excluding hydrogens is 410 g/mol. The van der Waals surface area contributed by atoms with Gasteiger partial charge in [0.1, 0.15) is 0 Å². The standard InChI is InChI=1S/C24H31N3O5/c1-22(2)23(3)6-7-24(22,21(28)27(8-10-29-4)9-11-30-5)20-19(23)25-15-12-17-18(32-14-31-17)13-16(15)26-20/h12-13H,6-11,14H2,1-5H3. The molecule has 8 nitrogen and oxygen atoms in total. The number of hydrogen-bond acceptors (Lipinski definition) is 7. The van der Waals surface area contributed by atoms with Crippen LogP contribution in [0, 0.1) is 5.41 Å². The van der Waals surface area contributed by atoms with Crippen LogP contribution in [-0.4, -0.2) is 68.1 Å². The topological polar surface area (TPSA) is 83.0 Å². The van der Waals surface area contributed by atoms with E-state index in [1.54, 1.807) is 14.2 Å². The SMILES string of the molecule is COCCN(CCOC)C(=O)C12CCC(C)(c3nc4cc5c(cc4nc31)OCO5)C2(C)C. The molecule has 1 amide bonds. The fourth-order valence-electron chi connectivity index (χ4n) is 5.95. The van der Waals surface area contributed by atoms with Crippen molar-refractivity contribution in [3.63, 3.8) is 0 Å². The predicted octanol–water partition coefficient (Wildman–Crippen LogP) is 2.81. The van der Waals surface area contributed by atoms with Gasteiger partial charge in [-0.1, -0.05) is 20.8 Å². The Hall–Kier alpha value is -2.45. The van der Waals surface area contributed by atoms with Crippen LogP contribution in [0.2, 0.25) is 0 Å². The first-order valence-electron chi connectivity index (χ1n) is 11.2. The Morgan fingerprint density at radius 2 is 1.53 bits per heavy atom. The highest BCUT2D eigenvalue weighted by atomic mass is 16.7. The molecule has 0 radical (unpaired) electrons. The Bertz CT molecular complexity index is 1080. The fraction of sp³-hybridized carbons (Fsp3) is 0.625. The number of amides is 1. The second-order valence-corrected chi connectivity index (χ2v) is 9.76. The van der Waals surface area contributed by atoms with Crippen molar-refractivity contribution in [3.05, 3.63) is 23.5 Å². The lowest BCUT2D eigenvalue weighted by atomic mass is 9.63. The van der Waals surface area contributed by atoms with Crippen molar-refractivity contribution in [2.24, 2.45) is 5.41 Å². The zero-order valence-electron chi connectivity index (χ0n) is 19.5. The average Bonchev–Trinajstić information content (AvgIpc) is 3.35. The number of carbonyl (C=O) groups is 1. The van der Waals surface area contributed by atoms with E-state index in [4.69, 9.17) is 28.9 Å². The number of aromatic nitrogens is 2. The average molecular weight is 442 g/mol. The molecule has 1 aromatic heterocycles. The van der Waals surface area contributed by atoms with Gasteiger partial charge in [-0.2, -0.15) is 0 Å². The van der Waals surface area contributed by atoms with Crippen LogP contribution in [0.4, 0.5) is 0 Å². The highest BCUT2D eigenvalue weighted by Gasteiger charge is 2.73. The molecular formula is C24H31N3O5. The van der Waals surface area contributed by atoms with Crippen LogP contribution in [0.25, 0.3) is 11.0 Å². The van der Waals surface area contributed by atoms with Crippen molar-refractivity contribution in [1.82, 2.24) is 14.9 Å². The smallest absolute Gasteiger partial charge is 0.235 e. The summed E-state index contributed by atoms with van der Waals surface area (Å²) in [7, 11) is 3.31. The van der Waals surface area contributed by atoms with Crippen LogP contribution in [0.5, 0.6) is 11.5 Å². The molecule has 2 unspecified atom stereocenters. The van der Waals surface area contributed by atoms with E-state index in [0.29, 0.717) is 37.8 Å². The first-order chi connectivity index (χ1) is 15.3. The number of rotatable bonds is 7. The van der Waals surface area contributed by atoms with Gasteiger partial charge in [0.15, 0.2) is 11.5 Å². The molecule has 8 heteroatoms. The van der Waals surface area contributed by atoms with E-state index < -0.39 is 5.41 Å². The Labute approximate surface area is 188 Å². The van der Waals surface area contributed by atoms with Gasteiger partial charge in [-0.25, -0.2) is 9.97 Å². The van der Waals surface area contributed by atoms with Gasteiger partial charge in [0.25, 0.3) is 0 Å². The highest BCUT2D eigenvalue weighted by molar-refractivity contribution is 5.93. The van der Waals surface area contributed by atoms with E-state index in [2.05, 4.69) is 20.8 Å². The van der Waals surface area contributed by atoms with Gasteiger partial charge in [0, 0.05) is 44.9 Å². The number of nitrogens with zero attached hydrogens (tertiary/aromatic N) is 3. The minimum absolute atomic E-state index is 0.0912. The Morgan fingerprint density at radius 1 is 0.969 bits per heavy atom. The van der Waals surface area contributed by atoms with E-state index in [0.717, 1.165) is 35.3 Å². The Kier molecular flexibility index (Phi) is 4.87. The van der Waals surface area contributed by atoms with Gasteiger partial charge in [-0.15, -0.1) is 0 Å². The molecule has 1 aliphatic heterocycles. The summed E-state index contributed by atoms with van der Waals surface area (Å²) in [6.45, 7) is 8.81. The molecule has 0 saturated heterocycles. The summed E-state index contributed by atoms with van der Waals surface area (Å²) >= 11 is 0. The van der Waals surface area contributed by atoms with Gasteiger partial charge in [0.05, 0.1) is 41.1 Å². The molecule has 2 bridgehead atoms. The number of hydrogen-bond donors (Lipinski definition) is 0. The third-order valence-corrected chi connectivity index (χ3v) is 8.31. The van der Waals surface area contributed by atoms with Crippen molar-refractivity contribution in [1.29, 1.82) is 0 Å². The molecule has 0 spiro atoms. The molecule has 1 saturated carbocycles. The summed E-state index contributed by atoms with van der Waals surface area (Å²) in [4.78, 5) is 26.3. The molecule has 2 aromatic rings. The molecule has 1 aromatic carbocycles. The van der Waals surface area contributed by atoms with Gasteiger partial charge in [-0.05, 0) is 18.3 Å². The zero-order chi connectivity index (χ0) is 22.7. The molecule has 2 aliphatic carbocycles. The maximum atomic E-state index is 14.3. The van der Waals surface area contributed by atoms with Gasteiger partial charge in [0.2, 0.25) is 12.7 Å². The van der Waals surface area contributed by atoms with Crippen LogP contribution in [-0.2, 0) is 25.1 Å². The minimum Gasteiger partial charge on any atom is -0.454 e. The van der Waals surface area contributed by atoms with Gasteiger partial charge < -0.3 is 23.8 Å². The summed E-state index contributed by atoms with van der Waals surface area (Å²) in [6.07, 6.45) is 1.65. The number of ether oxygens (including phenoxy) is 4. The second-order valence-electron chi connectivity index (χ2n) is 9.76. The number of fused-ring (bicyclic) bond motifs is 7. The van der Waals surface area contributed by atoms with E-state index in [-0.39, 0.29) is 23.5 Å². The molecule has 0 N–H and O–H groups in total. The van der Waals surface area contributed by atoms with Crippen molar-refractivity contribution in [3.8, 4) is 11.5 Å². The van der Waals surface area contributed by atoms with Crippen LogP contribution in [0.3, 0.4) is 0 Å². The number of methoxy groups -OCH3 is 2. The van der Waals surface area contributed by atoms with Crippen LogP contribution < -0.4 is 9.47 Å². The molecule has 2 heterocycles. The van der Waals surface area contributed by atoms with Crippen LogP contribution in [0.1, 0.15) is 45.0 Å². The highest BCUT2D eigenvalue weighted by Crippen LogP contribution is 2.70. The fourth-order valence-corrected chi connectivity index (χ4v) is 5.95. The van der Waals surface area contributed by atoms with Gasteiger partial charge >= 0.3 is 0 Å². The third kappa shape index (κ3) is 2.59. The molecule has 3 aliphatic rings. The van der Waals surface area contributed by atoms with Crippen LogP contribution >= 0.6 is 0 Å².